The van der Waals surface area contributed by atoms with E-state index in [4.69, 9.17) is 16.6 Å². The molecule has 1 unspecified atom stereocenters. The molecular formula is C15H18ClN3S. The molecule has 106 valence electrons. The van der Waals surface area contributed by atoms with Crippen molar-refractivity contribution in [3.63, 3.8) is 0 Å². The molecule has 0 saturated carbocycles. The SMILES string of the molecule is CCNCC1CCCc2sc(-c3ccc(Cl)cn3)nc21. The number of fused-ring (bicyclic) bond motifs is 1. The van der Waals surface area contributed by atoms with E-state index in [1.165, 1.54) is 23.4 Å². The fourth-order valence-electron chi connectivity index (χ4n) is 2.64. The first-order valence-corrected chi connectivity index (χ1v) is 8.29. The highest BCUT2D eigenvalue weighted by Gasteiger charge is 2.24. The Balaban J connectivity index is 1.88. The van der Waals surface area contributed by atoms with Crippen LogP contribution in [0, 0.1) is 0 Å². The second-order valence-electron chi connectivity index (χ2n) is 5.09. The van der Waals surface area contributed by atoms with Gasteiger partial charge in [-0.05, 0) is 37.9 Å². The predicted molar refractivity (Wildman–Crippen MR) is 84.6 cm³/mol. The first kappa shape index (κ1) is 14.0. The summed E-state index contributed by atoms with van der Waals surface area (Å²) in [5.41, 5.74) is 2.21. The van der Waals surface area contributed by atoms with Crippen LogP contribution in [0.3, 0.4) is 0 Å². The molecule has 0 bridgehead atoms. The third-order valence-corrected chi connectivity index (χ3v) is 5.03. The lowest BCUT2D eigenvalue weighted by molar-refractivity contribution is 0.509. The van der Waals surface area contributed by atoms with E-state index in [0.717, 1.165) is 30.2 Å². The number of likely N-dealkylation sites (N-methyl/N-ethyl adjacent to an activating group) is 1. The minimum absolute atomic E-state index is 0.552. The Morgan fingerprint density at radius 3 is 3.10 bits per heavy atom. The van der Waals surface area contributed by atoms with Gasteiger partial charge in [-0.3, -0.25) is 4.98 Å². The molecule has 0 fully saturated rings. The van der Waals surface area contributed by atoms with Gasteiger partial charge in [0.15, 0.2) is 0 Å². The van der Waals surface area contributed by atoms with E-state index in [1.807, 2.05) is 12.1 Å². The van der Waals surface area contributed by atoms with Gasteiger partial charge in [-0.2, -0.15) is 0 Å². The van der Waals surface area contributed by atoms with Crippen molar-refractivity contribution in [1.82, 2.24) is 15.3 Å². The fraction of sp³-hybridized carbons (Fsp3) is 0.467. The highest BCUT2D eigenvalue weighted by Crippen LogP contribution is 2.37. The molecule has 0 amide bonds. The number of pyridine rings is 1. The van der Waals surface area contributed by atoms with Gasteiger partial charge in [0.2, 0.25) is 0 Å². The average molecular weight is 308 g/mol. The number of aromatic nitrogens is 2. The molecule has 2 aromatic rings. The van der Waals surface area contributed by atoms with E-state index in [2.05, 4.69) is 17.2 Å². The van der Waals surface area contributed by atoms with Crippen molar-refractivity contribution < 1.29 is 0 Å². The Kier molecular flexibility index (Phi) is 4.34. The maximum absolute atomic E-state index is 5.89. The molecule has 2 heterocycles. The van der Waals surface area contributed by atoms with Crippen LogP contribution < -0.4 is 5.32 Å². The first-order chi connectivity index (χ1) is 9.78. The van der Waals surface area contributed by atoms with Gasteiger partial charge >= 0.3 is 0 Å². The van der Waals surface area contributed by atoms with E-state index in [9.17, 15) is 0 Å². The minimum Gasteiger partial charge on any atom is -0.316 e. The van der Waals surface area contributed by atoms with Crippen LogP contribution in [-0.2, 0) is 6.42 Å². The molecule has 2 aromatic heterocycles. The lowest BCUT2D eigenvalue weighted by Crippen LogP contribution is -2.23. The Hall–Kier alpha value is -0.970. The summed E-state index contributed by atoms with van der Waals surface area (Å²) in [6.07, 6.45) is 5.34. The normalized spacial score (nSPS) is 18.0. The Labute approximate surface area is 128 Å². The van der Waals surface area contributed by atoms with Gasteiger partial charge in [-0.25, -0.2) is 4.98 Å². The molecule has 1 atom stereocenters. The van der Waals surface area contributed by atoms with Crippen LogP contribution in [0.25, 0.3) is 10.7 Å². The summed E-state index contributed by atoms with van der Waals surface area (Å²) >= 11 is 7.68. The Bertz CT molecular complexity index is 579. The van der Waals surface area contributed by atoms with Gasteiger partial charge in [0.05, 0.1) is 16.4 Å². The number of thiazole rings is 1. The largest absolute Gasteiger partial charge is 0.316 e. The highest BCUT2D eigenvalue weighted by atomic mass is 35.5. The first-order valence-electron chi connectivity index (χ1n) is 7.10. The highest BCUT2D eigenvalue weighted by molar-refractivity contribution is 7.15. The number of hydrogen-bond donors (Lipinski definition) is 1. The van der Waals surface area contributed by atoms with E-state index in [0.29, 0.717) is 10.9 Å². The third kappa shape index (κ3) is 2.87. The van der Waals surface area contributed by atoms with Crippen molar-refractivity contribution >= 4 is 22.9 Å². The summed E-state index contributed by atoms with van der Waals surface area (Å²) in [7, 11) is 0. The average Bonchev–Trinajstić information content (AvgIpc) is 2.90. The lowest BCUT2D eigenvalue weighted by Gasteiger charge is -2.21. The Morgan fingerprint density at radius 1 is 1.45 bits per heavy atom. The molecule has 0 saturated heterocycles. The molecule has 1 aliphatic rings. The van der Waals surface area contributed by atoms with Crippen LogP contribution in [0.1, 0.15) is 36.3 Å². The van der Waals surface area contributed by atoms with Crippen LogP contribution in [0.4, 0.5) is 0 Å². The monoisotopic (exact) mass is 307 g/mol. The molecule has 0 aliphatic heterocycles. The number of nitrogens with zero attached hydrogens (tertiary/aromatic N) is 2. The zero-order valence-corrected chi connectivity index (χ0v) is 13.1. The van der Waals surface area contributed by atoms with E-state index < -0.39 is 0 Å². The van der Waals surface area contributed by atoms with Crippen LogP contribution in [0.2, 0.25) is 5.02 Å². The zero-order chi connectivity index (χ0) is 13.9. The van der Waals surface area contributed by atoms with E-state index in [-0.39, 0.29) is 0 Å². The molecule has 0 spiro atoms. The fourth-order valence-corrected chi connectivity index (χ4v) is 3.91. The van der Waals surface area contributed by atoms with E-state index >= 15 is 0 Å². The summed E-state index contributed by atoms with van der Waals surface area (Å²) in [5, 5.41) is 5.14. The standard InChI is InChI=1S/C15H18ClN3S/c1-2-17-8-10-4-3-5-13-14(10)19-15(20-13)12-7-6-11(16)9-18-12/h6-7,9-10,17H,2-5,8H2,1H3. The topological polar surface area (TPSA) is 37.8 Å². The van der Waals surface area contributed by atoms with Crippen molar-refractivity contribution in [2.45, 2.75) is 32.1 Å². The van der Waals surface area contributed by atoms with Gasteiger partial charge < -0.3 is 5.32 Å². The Morgan fingerprint density at radius 2 is 2.35 bits per heavy atom. The van der Waals surface area contributed by atoms with E-state index in [1.54, 1.807) is 17.5 Å². The van der Waals surface area contributed by atoms with Crippen molar-refractivity contribution in [2.24, 2.45) is 0 Å². The summed E-state index contributed by atoms with van der Waals surface area (Å²) in [5.74, 6) is 0.552. The van der Waals surface area contributed by atoms with Crippen molar-refractivity contribution in [2.75, 3.05) is 13.1 Å². The van der Waals surface area contributed by atoms with Crippen molar-refractivity contribution in [3.8, 4) is 10.7 Å². The molecule has 3 rings (SSSR count). The number of nitrogens with one attached hydrogen (secondary N) is 1. The van der Waals surface area contributed by atoms with Crippen molar-refractivity contribution in [1.29, 1.82) is 0 Å². The molecule has 5 heteroatoms. The van der Waals surface area contributed by atoms with Gasteiger partial charge in [0.1, 0.15) is 5.01 Å². The van der Waals surface area contributed by atoms with Crippen LogP contribution in [0.15, 0.2) is 18.3 Å². The van der Waals surface area contributed by atoms with Gasteiger partial charge in [-0.1, -0.05) is 18.5 Å². The maximum Gasteiger partial charge on any atom is 0.142 e. The smallest absolute Gasteiger partial charge is 0.142 e. The molecule has 20 heavy (non-hydrogen) atoms. The number of aryl methyl sites for hydroxylation is 1. The summed E-state index contributed by atoms with van der Waals surface area (Å²) in [6.45, 7) is 4.19. The number of halogens is 1. The van der Waals surface area contributed by atoms with Gasteiger partial charge in [0, 0.05) is 23.5 Å². The van der Waals surface area contributed by atoms with Gasteiger partial charge in [0.25, 0.3) is 0 Å². The predicted octanol–water partition coefficient (Wildman–Crippen LogP) is 3.89. The number of rotatable bonds is 4. The molecule has 3 nitrogen and oxygen atoms in total. The molecular weight excluding hydrogens is 290 g/mol. The molecule has 0 aromatic carbocycles. The van der Waals surface area contributed by atoms with Crippen LogP contribution in [-0.4, -0.2) is 23.1 Å². The van der Waals surface area contributed by atoms with Crippen LogP contribution in [0.5, 0.6) is 0 Å². The molecule has 0 radical (unpaired) electrons. The van der Waals surface area contributed by atoms with Crippen LogP contribution >= 0.6 is 22.9 Å². The van der Waals surface area contributed by atoms with Gasteiger partial charge in [-0.15, -0.1) is 11.3 Å². The third-order valence-electron chi connectivity index (χ3n) is 3.66. The molecule has 1 aliphatic carbocycles. The zero-order valence-electron chi connectivity index (χ0n) is 11.5. The lowest BCUT2D eigenvalue weighted by atomic mass is 9.91. The number of hydrogen-bond acceptors (Lipinski definition) is 4. The molecule has 1 N–H and O–H groups in total. The van der Waals surface area contributed by atoms with Crippen molar-refractivity contribution in [3.05, 3.63) is 33.9 Å². The summed E-state index contributed by atoms with van der Waals surface area (Å²) in [6, 6.07) is 3.83. The maximum atomic E-state index is 5.89. The minimum atomic E-state index is 0.552. The quantitative estimate of drug-likeness (QED) is 0.931. The summed E-state index contributed by atoms with van der Waals surface area (Å²) < 4.78 is 0. The summed E-state index contributed by atoms with van der Waals surface area (Å²) in [4.78, 5) is 10.7. The second kappa shape index (κ2) is 6.20. The second-order valence-corrected chi connectivity index (χ2v) is 6.61.